The van der Waals surface area contributed by atoms with E-state index in [2.05, 4.69) is 20.4 Å². The molecule has 0 radical (unpaired) electrons. The molecule has 11 heteroatoms. The molecule has 45 heavy (non-hydrogen) atoms. The van der Waals surface area contributed by atoms with Gasteiger partial charge in [-0.1, -0.05) is 84.4 Å². The zero-order chi connectivity index (χ0) is 31.9. The lowest BCUT2D eigenvalue weighted by Crippen LogP contribution is -2.55. The fourth-order valence-corrected chi connectivity index (χ4v) is 5.66. The minimum atomic E-state index is -4.72. The van der Waals surface area contributed by atoms with Gasteiger partial charge in [-0.15, -0.1) is 0 Å². The van der Waals surface area contributed by atoms with Crippen molar-refractivity contribution >= 4 is 17.6 Å². The molecule has 0 saturated heterocycles. The number of hydrogen-bond donors (Lipinski definition) is 2. The number of urea groups is 1. The third-order valence-corrected chi connectivity index (χ3v) is 7.94. The number of benzene rings is 3. The van der Waals surface area contributed by atoms with E-state index in [-0.39, 0.29) is 24.1 Å². The van der Waals surface area contributed by atoms with Gasteiger partial charge in [0.1, 0.15) is 11.3 Å². The van der Waals surface area contributed by atoms with E-state index in [0.29, 0.717) is 23.7 Å². The molecule has 0 unspecified atom stereocenters. The van der Waals surface area contributed by atoms with Crippen LogP contribution in [0.4, 0.5) is 22.4 Å². The van der Waals surface area contributed by atoms with E-state index in [1.54, 1.807) is 18.2 Å². The monoisotopic (exact) mass is 641 g/mol. The second-order valence-electron chi connectivity index (χ2n) is 10.9. The third kappa shape index (κ3) is 8.12. The average Bonchev–Trinajstić information content (AvgIpc) is 3.47. The average molecular weight is 642 g/mol. The highest BCUT2D eigenvalue weighted by atomic mass is 35.5. The molecule has 2 N–H and O–H groups in total. The zero-order valence-corrected chi connectivity index (χ0v) is 24.9. The number of hydrogen-bond acceptors (Lipinski definition) is 4. The van der Waals surface area contributed by atoms with E-state index >= 15 is 0 Å². The van der Waals surface area contributed by atoms with Crippen molar-refractivity contribution in [3.8, 4) is 5.75 Å². The molecule has 1 aromatic heterocycles. The van der Waals surface area contributed by atoms with Crippen LogP contribution in [-0.4, -0.2) is 35.7 Å². The first-order chi connectivity index (χ1) is 21.6. The second-order valence-corrected chi connectivity index (χ2v) is 11.3. The van der Waals surface area contributed by atoms with Crippen LogP contribution in [0.1, 0.15) is 41.6 Å². The maximum Gasteiger partial charge on any atom is 0.461 e. The lowest BCUT2D eigenvalue weighted by molar-refractivity contribution is -0.253. The third-order valence-electron chi connectivity index (χ3n) is 7.71. The van der Waals surface area contributed by atoms with Crippen molar-refractivity contribution in [3.63, 3.8) is 0 Å². The predicted octanol–water partition coefficient (Wildman–Crippen LogP) is 7.90. The zero-order valence-electron chi connectivity index (χ0n) is 24.1. The lowest BCUT2D eigenvalue weighted by Gasteiger charge is -2.36. The largest absolute Gasteiger partial charge is 0.461 e. The van der Waals surface area contributed by atoms with Crippen molar-refractivity contribution in [1.29, 1.82) is 0 Å². The molecular formula is C34H32ClF4N3O3. The summed E-state index contributed by atoms with van der Waals surface area (Å²) in [7, 11) is 0. The smallest absolute Gasteiger partial charge is 0.428 e. The van der Waals surface area contributed by atoms with Crippen molar-refractivity contribution in [2.45, 2.75) is 62.5 Å². The molecule has 236 valence electrons. The summed E-state index contributed by atoms with van der Waals surface area (Å²) < 4.78 is 64.5. The standard InChI is InChI=1S/C34H32ClF4N3O3/c35-26-17-18-30(40-21-26)33(20-23-9-3-1-4-10-23,25-13-7-14-27(19-25)45-34(38,39)31(36)37)42-32(43)41-28-15-8-16-29(28)44-22-24-11-5-2-6-12-24/h1-7,9-14,17-19,21,28-29,31H,8,15-16,20,22H2,(H2,41,42,43)/t28-,29-,33+/m1/s1. The van der Waals surface area contributed by atoms with Gasteiger partial charge in [-0.05, 0) is 60.2 Å². The molecule has 0 spiro atoms. The Morgan fingerprint density at radius 3 is 2.31 bits per heavy atom. The molecule has 1 fully saturated rings. The SMILES string of the molecule is O=C(N[C@@H]1CCC[C@H]1OCc1ccccc1)N[C@@](Cc1ccccc1)(c1cccc(OC(F)(F)C(F)F)c1)c1ccc(Cl)cn1. The highest BCUT2D eigenvalue weighted by Gasteiger charge is 2.45. The van der Waals surface area contributed by atoms with E-state index in [9.17, 15) is 22.4 Å². The number of carbonyl (C=O) groups is 1. The summed E-state index contributed by atoms with van der Waals surface area (Å²) >= 11 is 6.15. The Balaban J connectivity index is 1.48. The molecule has 5 rings (SSSR count). The summed E-state index contributed by atoms with van der Waals surface area (Å²) in [4.78, 5) is 18.4. The van der Waals surface area contributed by atoms with Gasteiger partial charge >= 0.3 is 18.6 Å². The van der Waals surface area contributed by atoms with Gasteiger partial charge in [0.25, 0.3) is 0 Å². The Morgan fingerprint density at radius 2 is 1.64 bits per heavy atom. The molecule has 1 aliphatic rings. The Morgan fingerprint density at radius 1 is 0.933 bits per heavy atom. The van der Waals surface area contributed by atoms with Crippen LogP contribution in [0.25, 0.3) is 0 Å². The number of aromatic nitrogens is 1. The van der Waals surface area contributed by atoms with Crippen LogP contribution in [0.3, 0.4) is 0 Å². The summed E-state index contributed by atoms with van der Waals surface area (Å²) in [5.74, 6) is -0.503. The molecule has 1 aliphatic carbocycles. The van der Waals surface area contributed by atoms with Crippen molar-refractivity contribution in [1.82, 2.24) is 15.6 Å². The Hall–Kier alpha value is -4.15. The number of pyridine rings is 1. The maximum absolute atomic E-state index is 13.9. The molecular weight excluding hydrogens is 610 g/mol. The Kier molecular flexibility index (Phi) is 10.2. The van der Waals surface area contributed by atoms with Crippen molar-refractivity contribution in [2.24, 2.45) is 0 Å². The molecule has 2 amide bonds. The van der Waals surface area contributed by atoms with Crippen LogP contribution in [0.5, 0.6) is 5.75 Å². The fourth-order valence-electron chi connectivity index (χ4n) is 5.54. The first kappa shape index (κ1) is 32.2. The first-order valence-corrected chi connectivity index (χ1v) is 14.9. The van der Waals surface area contributed by atoms with E-state index in [1.807, 2.05) is 60.7 Å². The Labute approximate surface area is 263 Å². The molecule has 6 nitrogen and oxygen atoms in total. The molecule has 3 atom stereocenters. The maximum atomic E-state index is 13.9. The summed E-state index contributed by atoms with van der Waals surface area (Å²) in [6.45, 7) is 0.397. The fraction of sp³-hybridized carbons (Fsp3) is 0.294. The summed E-state index contributed by atoms with van der Waals surface area (Å²) in [5.41, 5.74) is 0.954. The highest BCUT2D eigenvalue weighted by molar-refractivity contribution is 6.30. The molecule has 1 saturated carbocycles. The van der Waals surface area contributed by atoms with Gasteiger partial charge in [0.2, 0.25) is 0 Å². The Bertz CT molecular complexity index is 1550. The van der Waals surface area contributed by atoms with Crippen LogP contribution in [0.15, 0.2) is 103 Å². The number of halogens is 5. The van der Waals surface area contributed by atoms with Gasteiger partial charge in [0, 0.05) is 12.6 Å². The lowest BCUT2D eigenvalue weighted by atomic mass is 9.80. The van der Waals surface area contributed by atoms with Gasteiger partial charge in [-0.25, -0.2) is 4.79 Å². The molecule has 1 heterocycles. The number of alkyl halides is 4. The minimum absolute atomic E-state index is 0.128. The quantitative estimate of drug-likeness (QED) is 0.154. The topological polar surface area (TPSA) is 72.5 Å². The molecule has 0 aliphatic heterocycles. The van der Waals surface area contributed by atoms with Crippen LogP contribution in [-0.2, 0) is 23.3 Å². The normalized spacial score (nSPS) is 17.9. The molecule has 4 aromatic rings. The van der Waals surface area contributed by atoms with Gasteiger partial charge in [-0.2, -0.15) is 17.6 Å². The number of amides is 2. The minimum Gasteiger partial charge on any atom is -0.428 e. The van der Waals surface area contributed by atoms with Gasteiger partial charge in [0.05, 0.1) is 29.5 Å². The van der Waals surface area contributed by atoms with Crippen LogP contribution in [0.2, 0.25) is 5.02 Å². The first-order valence-electron chi connectivity index (χ1n) is 14.5. The van der Waals surface area contributed by atoms with Crippen LogP contribution in [0, 0.1) is 0 Å². The van der Waals surface area contributed by atoms with E-state index in [0.717, 1.165) is 30.0 Å². The number of ether oxygens (including phenoxy) is 2. The highest BCUT2D eigenvalue weighted by Crippen LogP contribution is 2.37. The van der Waals surface area contributed by atoms with Crippen LogP contribution >= 0.6 is 11.6 Å². The van der Waals surface area contributed by atoms with E-state index in [1.165, 1.54) is 18.3 Å². The summed E-state index contributed by atoms with van der Waals surface area (Å²) in [6, 6.07) is 26.6. The number of nitrogens with one attached hydrogen (secondary N) is 2. The van der Waals surface area contributed by atoms with Gasteiger partial charge in [-0.3, -0.25) is 4.98 Å². The molecule has 3 aromatic carbocycles. The second kappa shape index (κ2) is 14.3. The van der Waals surface area contributed by atoms with Crippen molar-refractivity contribution in [3.05, 3.63) is 131 Å². The summed E-state index contributed by atoms with van der Waals surface area (Å²) in [6.07, 6.45) is -5.12. The number of nitrogens with zero attached hydrogens (tertiary/aromatic N) is 1. The summed E-state index contributed by atoms with van der Waals surface area (Å²) in [5, 5.41) is 6.45. The van der Waals surface area contributed by atoms with Gasteiger partial charge in [0.15, 0.2) is 0 Å². The molecule has 0 bridgehead atoms. The van der Waals surface area contributed by atoms with Crippen LogP contribution < -0.4 is 15.4 Å². The number of rotatable bonds is 12. The van der Waals surface area contributed by atoms with E-state index < -0.39 is 29.9 Å². The number of carbonyl (C=O) groups excluding carboxylic acids is 1. The van der Waals surface area contributed by atoms with Gasteiger partial charge < -0.3 is 20.1 Å². The van der Waals surface area contributed by atoms with Crippen molar-refractivity contribution in [2.75, 3.05) is 0 Å². The van der Waals surface area contributed by atoms with E-state index in [4.69, 9.17) is 16.3 Å². The predicted molar refractivity (Wildman–Crippen MR) is 163 cm³/mol. The van der Waals surface area contributed by atoms with Crippen molar-refractivity contribution < 1.29 is 31.8 Å².